The number of benzene rings is 2. The van der Waals surface area contributed by atoms with Crippen LogP contribution in [0.4, 0.5) is 5.69 Å². The molecule has 18 heteroatoms. The van der Waals surface area contributed by atoms with Gasteiger partial charge in [-0.05, 0) is 43.4 Å². The number of carbonyl (C=O) groups excluding carboxylic acids is 3. The monoisotopic (exact) mass is 689 g/mol. The molecule has 0 aromatic heterocycles. The number of amides is 2. The number of imide groups is 1. The van der Waals surface area contributed by atoms with Crippen LogP contribution in [-0.2, 0) is 56.0 Å². The predicted molar refractivity (Wildman–Crippen MR) is 158 cm³/mol. The highest BCUT2D eigenvalue weighted by molar-refractivity contribution is 7.87. The molecule has 0 spiro atoms. The molecule has 1 saturated heterocycles. The maximum absolute atomic E-state index is 12.9. The lowest BCUT2D eigenvalue weighted by atomic mass is 9.82. The first-order chi connectivity index (χ1) is 20.6. The van der Waals surface area contributed by atoms with Gasteiger partial charge in [0.1, 0.15) is 4.90 Å². The molecule has 0 saturated carbocycles. The molecular weight excluding hydrogens is 656 g/mol. The Morgan fingerprint density at radius 2 is 1.51 bits per heavy atom. The Morgan fingerprint density at radius 1 is 0.889 bits per heavy atom. The largest absolute Gasteiger partial charge is 0.333 e. The lowest BCUT2D eigenvalue weighted by molar-refractivity contribution is -0.526. The van der Waals surface area contributed by atoms with Crippen LogP contribution >= 0.6 is 0 Å². The van der Waals surface area contributed by atoms with Gasteiger partial charge in [0.2, 0.25) is 5.69 Å². The molecule has 3 N–H and O–H groups in total. The van der Waals surface area contributed by atoms with Gasteiger partial charge in [-0.15, -0.1) is 5.06 Å². The van der Waals surface area contributed by atoms with Crippen LogP contribution in [0.2, 0.25) is 0 Å². The van der Waals surface area contributed by atoms with Crippen LogP contribution in [0, 0.1) is 0 Å². The van der Waals surface area contributed by atoms with E-state index in [2.05, 4.69) is 0 Å². The van der Waals surface area contributed by atoms with E-state index in [1.54, 1.807) is 24.6 Å². The number of hydroxylamine groups is 2. The molecule has 2 aromatic rings. The summed E-state index contributed by atoms with van der Waals surface area (Å²) in [7, 11) is -14.6. The molecule has 1 fully saturated rings. The number of rotatable bonds is 12. The summed E-state index contributed by atoms with van der Waals surface area (Å²) in [5.74, 6) is -2.00. The topological polar surface area (TPSA) is 230 Å². The highest BCUT2D eigenvalue weighted by Gasteiger charge is 2.59. The fourth-order valence-electron chi connectivity index (χ4n) is 5.76. The fraction of sp³-hybridized carbons (Fsp3) is 0.481. The van der Waals surface area contributed by atoms with Crippen LogP contribution in [0.25, 0.3) is 10.8 Å². The van der Waals surface area contributed by atoms with Crippen molar-refractivity contribution in [3.63, 3.8) is 0 Å². The second kappa shape index (κ2) is 11.8. The standard InChI is InChI=1S/C27H32N2O13S3/c1-26(2,27(3,45(39,40)41)13-6-4-5-7-25(32)42-29-23(30)10-11-24(29)31)28-14-12-18-20-15-17(43(33,34)35)16-22(44(36,37)38)19(20)8-9-21(18)28/h8-9,14-16H,4-7,10-13H2,1-3H3,(H2-,33,34,35,36,37,38,39,40,41)/p+1. The Hall–Kier alpha value is -3.29. The maximum atomic E-state index is 12.9. The molecule has 0 bridgehead atoms. The second-order valence-corrected chi connectivity index (χ2v) is 16.3. The molecule has 2 aliphatic rings. The van der Waals surface area contributed by atoms with Crippen LogP contribution in [0.3, 0.4) is 0 Å². The first-order valence-electron chi connectivity index (χ1n) is 13.8. The van der Waals surface area contributed by atoms with Gasteiger partial charge in [0.25, 0.3) is 42.2 Å². The molecule has 246 valence electrons. The first-order valence-corrected chi connectivity index (χ1v) is 18.1. The summed E-state index contributed by atoms with van der Waals surface area (Å²) >= 11 is 0. The zero-order valence-electron chi connectivity index (χ0n) is 24.6. The number of unbranched alkanes of at least 4 members (excludes halogenated alkanes) is 2. The lowest BCUT2D eigenvalue weighted by Gasteiger charge is -2.38. The lowest BCUT2D eigenvalue weighted by Crippen LogP contribution is -2.58. The van der Waals surface area contributed by atoms with Gasteiger partial charge in [-0.1, -0.05) is 12.8 Å². The summed E-state index contributed by atoms with van der Waals surface area (Å²) in [6.45, 7) is 4.52. The number of nitrogens with zero attached hydrogens (tertiary/aromatic N) is 2. The van der Waals surface area contributed by atoms with Crippen molar-refractivity contribution in [3.8, 4) is 0 Å². The number of carbonyl (C=O) groups is 3. The van der Waals surface area contributed by atoms with E-state index in [0.29, 0.717) is 28.8 Å². The van der Waals surface area contributed by atoms with Crippen molar-refractivity contribution >= 4 is 70.8 Å². The molecule has 2 heterocycles. The van der Waals surface area contributed by atoms with Crippen molar-refractivity contribution < 1.29 is 62.7 Å². The number of hydrogen-bond donors (Lipinski definition) is 3. The van der Waals surface area contributed by atoms with Crippen LogP contribution in [0.15, 0.2) is 34.1 Å². The smallest absolute Gasteiger partial charge is 0.330 e. The molecular formula is C27H33N2O13S3+. The van der Waals surface area contributed by atoms with Crippen molar-refractivity contribution in [1.82, 2.24) is 5.06 Å². The van der Waals surface area contributed by atoms with Gasteiger partial charge in [0.05, 0.1) is 11.3 Å². The summed E-state index contributed by atoms with van der Waals surface area (Å²) in [6, 6.07) is 4.50. The van der Waals surface area contributed by atoms with E-state index >= 15 is 0 Å². The average molecular weight is 690 g/mol. The summed E-state index contributed by atoms with van der Waals surface area (Å²) in [5.41, 5.74) is -0.589. The Labute approximate surface area is 260 Å². The van der Waals surface area contributed by atoms with Gasteiger partial charge < -0.3 is 4.84 Å². The highest BCUT2D eigenvalue weighted by Crippen LogP contribution is 2.44. The molecule has 0 radical (unpaired) electrons. The molecule has 2 aliphatic heterocycles. The van der Waals surface area contributed by atoms with Crippen molar-refractivity contribution in [2.24, 2.45) is 0 Å². The summed E-state index contributed by atoms with van der Waals surface area (Å²) in [4.78, 5) is 38.7. The zero-order chi connectivity index (χ0) is 33.8. The van der Waals surface area contributed by atoms with E-state index < -0.39 is 68.2 Å². The molecule has 0 aliphatic carbocycles. The summed E-state index contributed by atoms with van der Waals surface area (Å²) in [6.07, 6.45) is 2.23. The molecule has 4 rings (SSSR count). The van der Waals surface area contributed by atoms with E-state index in [-0.39, 0.29) is 55.7 Å². The van der Waals surface area contributed by atoms with E-state index in [1.807, 2.05) is 0 Å². The van der Waals surface area contributed by atoms with Crippen molar-refractivity contribution in [2.75, 3.05) is 0 Å². The minimum atomic E-state index is -4.92. The van der Waals surface area contributed by atoms with Crippen molar-refractivity contribution in [3.05, 3.63) is 29.8 Å². The molecule has 2 amide bonds. The van der Waals surface area contributed by atoms with E-state index in [1.165, 1.54) is 19.1 Å². The van der Waals surface area contributed by atoms with E-state index in [0.717, 1.165) is 6.07 Å². The van der Waals surface area contributed by atoms with Gasteiger partial charge in [-0.3, -0.25) is 23.2 Å². The molecule has 2 aromatic carbocycles. The highest BCUT2D eigenvalue weighted by atomic mass is 32.2. The number of fused-ring (bicyclic) bond motifs is 3. The van der Waals surface area contributed by atoms with Gasteiger partial charge in [0.15, 0.2) is 16.5 Å². The fourth-order valence-corrected chi connectivity index (χ4v) is 8.23. The summed E-state index contributed by atoms with van der Waals surface area (Å²) < 4.78 is 103. The second-order valence-electron chi connectivity index (χ2n) is 11.7. The van der Waals surface area contributed by atoms with Crippen LogP contribution in [0.5, 0.6) is 0 Å². The SMILES string of the molecule is CC(C)([N+]1=CCc2c1ccc1c(S(=O)(=O)O)cc(S(=O)(=O)O)cc21)C(C)(CCCCCC(=O)ON1C(=O)CCC1=O)S(=O)(=O)O. The Bertz CT molecular complexity index is 1950. The van der Waals surface area contributed by atoms with Crippen LogP contribution in [0.1, 0.15) is 71.3 Å². The Kier molecular flexibility index (Phi) is 9.08. The van der Waals surface area contributed by atoms with E-state index in [9.17, 15) is 53.3 Å². The predicted octanol–water partition coefficient (Wildman–Crippen LogP) is 2.59. The van der Waals surface area contributed by atoms with E-state index in [4.69, 9.17) is 4.84 Å². The van der Waals surface area contributed by atoms with Gasteiger partial charge in [0, 0.05) is 50.1 Å². The third kappa shape index (κ3) is 6.52. The third-order valence-corrected chi connectivity index (χ3v) is 12.2. The summed E-state index contributed by atoms with van der Waals surface area (Å²) in [5, 5.41) is 0.509. The van der Waals surface area contributed by atoms with Gasteiger partial charge in [-0.2, -0.15) is 29.8 Å². The minimum absolute atomic E-state index is 0.0220. The number of hydrogen-bond acceptors (Lipinski definition) is 10. The zero-order valence-corrected chi connectivity index (χ0v) is 27.0. The molecule has 45 heavy (non-hydrogen) atoms. The first kappa shape index (κ1) is 34.6. The maximum Gasteiger partial charge on any atom is 0.333 e. The van der Waals surface area contributed by atoms with Gasteiger partial charge in [-0.25, -0.2) is 4.79 Å². The third-order valence-electron chi connectivity index (χ3n) is 8.67. The van der Waals surface area contributed by atoms with Crippen LogP contribution in [-0.4, -0.2) is 82.8 Å². The Balaban J connectivity index is 1.59. The minimum Gasteiger partial charge on any atom is -0.330 e. The van der Waals surface area contributed by atoms with Crippen molar-refractivity contribution in [1.29, 1.82) is 0 Å². The van der Waals surface area contributed by atoms with Crippen molar-refractivity contribution in [2.45, 2.75) is 92.2 Å². The quantitative estimate of drug-likeness (QED) is 0.126. The Morgan fingerprint density at radius 3 is 2.07 bits per heavy atom. The van der Waals surface area contributed by atoms with Gasteiger partial charge >= 0.3 is 5.97 Å². The normalized spacial score (nSPS) is 17.4. The molecule has 15 nitrogen and oxygen atoms in total. The van der Waals surface area contributed by atoms with Crippen LogP contribution < -0.4 is 0 Å². The molecule has 1 atom stereocenters. The average Bonchev–Trinajstić information content (AvgIpc) is 3.50. The molecule has 1 unspecified atom stereocenters.